The summed E-state index contributed by atoms with van der Waals surface area (Å²) < 4.78 is 71.6. The number of sulfonamides is 2. The van der Waals surface area contributed by atoms with Gasteiger partial charge in [0, 0.05) is 96.5 Å². The van der Waals surface area contributed by atoms with Crippen LogP contribution >= 0.6 is 0 Å². The number of hydrogen-bond donors (Lipinski definition) is 4. The van der Waals surface area contributed by atoms with Gasteiger partial charge in [-0.2, -0.15) is 8.61 Å². The van der Waals surface area contributed by atoms with Crippen molar-refractivity contribution in [3.63, 3.8) is 0 Å². The maximum Gasteiger partial charge on any atom is 0.344 e. The van der Waals surface area contributed by atoms with E-state index in [0.29, 0.717) is 51.1 Å². The van der Waals surface area contributed by atoms with E-state index in [0.717, 1.165) is 61.7 Å². The third-order valence-corrected chi connectivity index (χ3v) is 20.5. The number of anilines is 4. The Bertz CT molecular complexity index is 3970. The lowest BCUT2D eigenvalue weighted by molar-refractivity contribution is -0.157. The number of aliphatic carboxylic acids is 1. The average Bonchev–Trinajstić information content (AvgIpc) is 1.73. The highest BCUT2D eigenvalue weighted by Crippen LogP contribution is 2.30. The fraction of sp³-hybridized carbons (Fsp3) is 0.365. The van der Waals surface area contributed by atoms with Gasteiger partial charge in [-0.1, -0.05) is 96.1 Å². The molecule has 0 aliphatic carbocycles. The number of amides is 2. The Morgan fingerprint density at radius 2 is 0.948 bits per heavy atom. The van der Waals surface area contributed by atoms with E-state index in [2.05, 4.69) is 79.2 Å². The van der Waals surface area contributed by atoms with E-state index in [1.54, 1.807) is 57.2 Å². The number of esters is 2. The van der Waals surface area contributed by atoms with Crippen molar-refractivity contribution in [3.8, 4) is 5.75 Å². The molecule has 7 aromatic carbocycles. The van der Waals surface area contributed by atoms with E-state index in [1.807, 2.05) is 103 Å². The van der Waals surface area contributed by atoms with Crippen molar-refractivity contribution in [1.82, 2.24) is 19.2 Å². The van der Waals surface area contributed by atoms with Crippen LogP contribution in [0.15, 0.2) is 180 Å². The third-order valence-electron chi connectivity index (χ3n) is 16.7. The number of carboxylic acids is 1. The molecule has 0 aromatic heterocycles. The van der Waals surface area contributed by atoms with Crippen LogP contribution in [0.3, 0.4) is 0 Å². The van der Waals surface area contributed by atoms with Crippen LogP contribution in [-0.4, -0.2) is 145 Å². The van der Waals surface area contributed by atoms with Gasteiger partial charge in [0.15, 0.2) is 6.61 Å². The number of hydrogen-bond acceptors (Lipinski definition) is 16. The molecule has 97 heavy (non-hydrogen) atoms. The smallest absolute Gasteiger partial charge is 0.344 e. The Kier molecular flexibility index (Phi) is 25.1. The summed E-state index contributed by atoms with van der Waals surface area (Å²) in [5.41, 5.74) is 10.2. The van der Waals surface area contributed by atoms with Crippen molar-refractivity contribution in [2.24, 2.45) is 0 Å². The van der Waals surface area contributed by atoms with Crippen LogP contribution in [0, 0.1) is 13.8 Å². The standard InChI is InChI=1S/C39H47N5O5S.C35H43N3O8S/c1-28-8-22-35(23-9-28)50(48,49)44-24-6-7-37(44)38(45)40-36(39(46)47)25-29-10-20-34(21-11-29)43(26-30-12-16-32(17-13-30)41(2)3)27-31-14-18-33(19-15-31)42(4)5;1-24-8-18-29(19-9-24)47(42,43)38-20-6-7-31(38)33(40)37-30(34(41)44-5)21-25-10-14-27(15-11-25)36-22-26-12-16-28(17-13-26)45-23-32(39)46-35(2,3)4/h8-23,36-37H,6-7,24-27H2,1-5H3,(H,40,45)(H,46,47);8-19,30-31,36H,6-7,20-23H2,1-5H3,(H,37,40)/t36-,37-;30-,31-/m00/s1. The van der Waals surface area contributed by atoms with Gasteiger partial charge >= 0.3 is 17.9 Å². The van der Waals surface area contributed by atoms with Gasteiger partial charge in [0.25, 0.3) is 0 Å². The average molecular weight is 1360 g/mol. The lowest BCUT2D eigenvalue weighted by Crippen LogP contribution is -2.51. The molecule has 2 aliphatic heterocycles. The summed E-state index contributed by atoms with van der Waals surface area (Å²) >= 11 is 0. The van der Waals surface area contributed by atoms with Gasteiger partial charge in [-0.3, -0.25) is 9.59 Å². The molecule has 0 radical (unpaired) electrons. The predicted molar refractivity (Wildman–Crippen MR) is 377 cm³/mol. The minimum absolute atomic E-state index is 0.0524. The molecule has 21 nitrogen and oxygen atoms in total. The zero-order chi connectivity index (χ0) is 70.2. The Labute approximate surface area is 570 Å². The summed E-state index contributed by atoms with van der Waals surface area (Å²) in [4.78, 5) is 70.3. The highest BCUT2D eigenvalue weighted by molar-refractivity contribution is 7.89. The second kappa shape index (κ2) is 33.1. The van der Waals surface area contributed by atoms with Gasteiger partial charge in [-0.25, -0.2) is 31.2 Å². The Morgan fingerprint density at radius 1 is 0.546 bits per heavy atom. The summed E-state index contributed by atoms with van der Waals surface area (Å²) in [6.45, 7) is 11.3. The van der Waals surface area contributed by atoms with E-state index in [4.69, 9.17) is 14.2 Å². The van der Waals surface area contributed by atoms with Crippen molar-refractivity contribution in [1.29, 1.82) is 0 Å². The van der Waals surface area contributed by atoms with Gasteiger partial charge in [0.2, 0.25) is 31.9 Å². The molecule has 4 atom stereocenters. The number of methoxy groups -OCH3 is 1. The fourth-order valence-electron chi connectivity index (χ4n) is 11.3. The Morgan fingerprint density at radius 3 is 1.37 bits per heavy atom. The molecule has 2 saturated heterocycles. The monoisotopic (exact) mass is 1360 g/mol. The first-order valence-electron chi connectivity index (χ1n) is 32.3. The maximum absolute atomic E-state index is 13.4. The first-order chi connectivity index (χ1) is 46.1. The largest absolute Gasteiger partial charge is 0.482 e. The van der Waals surface area contributed by atoms with Crippen LogP contribution in [0.5, 0.6) is 5.75 Å². The minimum Gasteiger partial charge on any atom is -0.482 e. The summed E-state index contributed by atoms with van der Waals surface area (Å²) in [7, 11) is 1.50. The van der Waals surface area contributed by atoms with Crippen molar-refractivity contribution in [2.45, 2.75) is 132 Å². The number of nitrogens with one attached hydrogen (secondary N) is 3. The van der Waals surface area contributed by atoms with E-state index >= 15 is 0 Å². The lowest BCUT2D eigenvalue weighted by atomic mass is 10.0. The van der Waals surface area contributed by atoms with Gasteiger partial charge in [0.1, 0.15) is 35.5 Å². The quantitative estimate of drug-likeness (QED) is 0.0350. The Balaban J connectivity index is 0.000000248. The van der Waals surface area contributed by atoms with Crippen LogP contribution in [0.2, 0.25) is 0 Å². The summed E-state index contributed by atoms with van der Waals surface area (Å²) in [6, 6.07) is 48.4. The molecule has 0 spiro atoms. The minimum atomic E-state index is -3.92. The summed E-state index contributed by atoms with van der Waals surface area (Å²) in [6.07, 6.45) is 1.94. The number of carboxylic acid groups (broad SMARTS) is 1. The van der Waals surface area contributed by atoms with Crippen LogP contribution in [0.4, 0.5) is 22.7 Å². The van der Waals surface area contributed by atoms with Gasteiger partial charge < -0.3 is 50.0 Å². The molecular weight excluding hydrogens is 1270 g/mol. The van der Waals surface area contributed by atoms with Crippen LogP contribution in [-0.2, 0) is 86.0 Å². The molecule has 2 aliphatic rings. The zero-order valence-corrected chi connectivity index (χ0v) is 58.5. The van der Waals surface area contributed by atoms with Crippen LogP contribution < -0.4 is 35.4 Å². The Hall–Kier alpha value is -9.29. The second-order valence-corrected chi connectivity index (χ2v) is 29.6. The molecule has 516 valence electrons. The van der Waals surface area contributed by atoms with E-state index in [1.165, 1.54) is 40.0 Å². The SMILES string of the molecule is COC(=O)[C@H](Cc1ccc(NCc2ccc(OCC(=O)OC(C)(C)C)cc2)cc1)NC(=O)[C@@H]1CCCN1S(=O)(=O)c1ccc(C)cc1.Cc1ccc(S(=O)(=O)N2CCC[C@H]2C(=O)N[C@@H](Cc2ccc(N(Cc3ccc(N(C)C)cc3)Cc3ccc(N(C)C)cc3)cc2)C(=O)O)cc1. The molecule has 0 unspecified atom stereocenters. The predicted octanol–water partition coefficient (Wildman–Crippen LogP) is 9.68. The van der Waals surface area contributed by atoms with Crippen LogP contribution in [0.25, 0.3) is 0 Å². The number of benzene rings is 7. The summed E-state index contributed by atoms with van der Waals surface area (Å²) in [5, 5.41) is 18.8. The summed E-state index contributed by atoms with van der Waals surface area (Å²) in [5.74, 6) is -2.81. The molecule has 2 amide bonds. The second-order valence-electron chi connectivity index (χ2n) is 25.8. The lowest BCUT2D eigenvalue weighted by Gasteiger charge is -2.27. The molecule has 7 aromatic rings. The highest BCUT2D eigenvalue weighted by Gasteiger charge is 2.42. The molecular formula is C74H90N8O13S2. The maximum atomic E-state index is 13.4. The van der Waals surface area contributed by atoms with Crippen molar-refractivity contribution in [3.05, 3.63) is 209 Å². The highest BCUT2D eigenvalue weighted by atomic mass is 32.2. The number of ether oxygens (including phenoxy) is 3. The first kappa shape index (κ1) is 73.5. The van der Waals surface area contributed by atoms with Gasteiger partial charge in [-0.05, 0) is 173 Å². The number of nitrogens with zero attached hydrogens (tertiary/aromatic N) is 5. The molecule has 9 rings (SSSR count). The third kappa shape index (κ3) is 20.6. The number of rotatable bonds is 27. The molecule has 0 saturated carbocycles. The molecule has 2 heterocycles. The van der Waals surface area contributed by atoms with Crippen molar-refractivity contribution in [2.75, 3.05) is 75.0 Å². The van der Waals surface area contributed by atoms with Gasteiger partial charge in [-0.15, -0.1) is 0 Å². The zero-order valence-electron chi connectivity index (χ0n) is 56.9. The molecule has 23 heteroatoms. The first-order valence-corrected chi connectivity index (χ1v) is 35.2. The normalized spacial score (nSPS) is 15.6. The van der Waals surface area contributed by atoms with E-state index in [-0.39, 0.29) is 42.3 Å². The number of carbonyl (C=O) groups excluding carboxylic acids is 4. The number of carbonyl (C=O) groups is 5. The topological polar surface area (TPSA) is 254 Å². The number of aryl methyl sites for hydroxylation is 2. The van der Waals surface area contributed by atoms with E-state index in [9.17, 15) is 45.9 Å². The van der Waals surface area contributed by atoms with Crippen molar-refractivity contribution >= 4 is 72.5 Å². The van der Waals surface area contributed by atoms with Gasteiger partial charge in [0.05, 0.1) is 16.9 Å². The molecule has 0 bridgehead atoms. The van der Waals surface area contributed by atoms with Crippen molar-refractivity contribution < 1.29 is 60.1 Å². The van der Waals surface area contributed by atoms with E-state index < -0.39 is 79.5 Å². The molecule has 2 fully saturated rings. The fourth-order valence-corrected chi connectivity index (χ4v) is 14.6. The van der Waals surface area contributed by atoms with Crippen LogP contribution in [0.1, 0.15) is 85.4 Å². The molecule has 4 N–H and O–H groups in total.